The van der Waals surface area contributed by atoms with Crippen molar-refractivity contribution in [3.63, 3.8) is 0 Å². The van der Waals surface area contributed by atoms with Crippen molar-refractivity contribution in [3.8, 4) is 67.5 Å². The fourth-order valence-corrected chi connectivity index (χ4v) is 9.42. The van der Waals surface area contributed by atoms with Crippen LogP contribution in [0.4, 0.5) is 0 Å². The van der Waals surface area contributed by atoms with E-state index in [1.807, 2.05) is 0 Å². The smallest absolute Gasteiger partial charge is 0.189 e. The highest BCUT2D eigenvalue weighted by Crippen LogP contribution is 2.24. The molecule has 0 aliphatic carbocycles. The first-order chi connectivity index (χ1) is 36.5. The molecule has 0 saturated heterocycles. The summed E-state index contributed by atoms with van der Waals surface area (Å²) in [5, 5.41) is 14.4. The summed E-state index contributed by atoms with van der Waals surface area (Å²) in [6.45, 7) is 0. The Hall–Kier alpha value is -5.51. The molecule has 9 nitrogen and oxygen atoms in total. The lowest BCUT2D eigenvalue weighted by Gasteiger charge is -2.27. The molecule has 0 N–H and O–H groups in total. The topological polar surface area (TPSA) is 90.6 Å². The first kappa shape index (κ1) is 55.8. The van der Waals surface area contributed by atoms with Gasteiger partial charge in [0, 0.05) is 16.7 Å². The van der Waals surface area contributed by atoms with E-state index in [1.54, 1.807) is 0 Å². The van der Waals surface area contributed by atoms with Crippen molar-refractivity contribution in [1.29, 1.82) is 0 Å². The van der Waals surface area contributed by atoms with Crippen LogP contribution in [0.3, 0.4) is 0 Å². The maximum Gasteiger partial charge on any atom is 0.260 e. The molecule has 78 heavy (non-hydrogen) atoms. The summed E-state index contributed by atoms with van der Waals surface area (Å²) in [6.07, 6.45) is 0. The third-order valence-corrected chi connectivity index (χ3v) is 13.8. The maximum atomic E-state index is 6.96. The average molecular weight is 922 g/mol. The second-order valence-corrected chi connectivity index (χ2v) is 18.0. The average Bonchev–Trinajstić information content (AvgIpc) is 4.33. The Labute approximate surface area is 484 Å². The Morgan fingerprint density at radius 1 is 0.154 bits per heavy atom. The van der Waals surface area contributed by atoms with Crippen LogP contribution in [0.15, 0.2) is 0 Å². The molecule has 0 unspecified atom stereocenters. The van der Waals surface area contributed by atoms with Gasteiger partial charge in [0.05, 0.1) is 0 Å². The van der Waals surface area contributed by atoms with Crippen molar-refractivity contribution in [2.75, 3.05) is 0 Å². The normalized spacial score (nSPS) is 11.7. The van der Waals surface area contributed by atoms with E-state index in [0.29, 0.717) is 0 Å². The van der Waals surface area contributed by atoms with Gasteiger partial charge < -0.3 is 0 Å². The molecule has 0 aliphatic heterocycles. The summed E-state index contributed by atoms with van der Waals surface area (Å²) in [5.74, 6) is -1.27. The number of aromatic nitrogens is 9. The van der Waals surface area contributed by atoms with Gasteiger partial charge in [-0.15, -0.1) is 80.8 Å². The van der Waals surface area contributed by atoms with Gasteiger partial charge in [-0.2, -0.15) is 28.5 Å². The van der Waals surface area contributed by atoms with Crippen molar-refractivity contribution in [2.24, 2.45) is 0 Å². The fraction of sp³-hybridized carbons (Fsp3) is 0. The molecule has 10 aromatic rings. The summed E-state index contributed by atoms with van der Waals surface area (Å²) in [5.41, 5.74) is -4.66. The minimum atomic E-state index is -0.243. The zero-order valence-corrected chi connectivity index (χ0v) is 40.6. The van der Waals surface area contributed by atoms with Crippen molar-refractivity contribution >= 4 is 377 Å². The Kier molecular flexibility index (Phi) is 13.8. The Morgan fingerprint density at radius 2 is 0.282 bits per heavy atom. The van der Waals surface area contributed by atoms with Gasteiger partial charge >= 0.3 is 0 Å². The lowest BCUT2D eigenvalue weighted by atomic mass is 9.56. The molecule has 0 atom stereocenters. The Morgan fingerprint density at radius 3 is 0.462 bits per heavy atom. The first-order valence-corrected chi connectivity index (χ1v) is 22.2. The number of hydrogen-bond donors (Lipinski definition) is 0. The molecule has 4 heterocycles. The molecular formula is C42B27N9. The number of nitrogens with zero attached hydrogens (tertiary/aromatic N) is 9. The second kappa shape index (κ2) is 19.4. The predicted octanol–water partition coefficient (Wildman–Crippen LogP) is -23.8. The quantitative estimate of drug-likeness (QED) is 0.154. The molecule has 10 rings (SSSR count). The maximum absolute atomic E-state index is 6.96. The molecule has 0 bridgehead atoms. The van der Waals surface area contributed by atoms with E-state index in [-0.39, 0.29) is 232 Å². The van der Waals surface area contributed by atoms with E-state index in [2.05, 4.69) is 0 Å². The van der Waals surface area contributed by atoms with Gasteiger partial charge in [-0.3, -0.25) is 0 Å². The zero-order valence-electron chi connectivity index (χ0n) is 40.6. The minimum Gasteiger partial charge on any atom is -0.189 e. The van der Waals surface area contributed by atoms with E-state index in [0.717, 1.165) is 13.5 Å². The number of hydrogen-bond acceptors (Lipinski definition) is 6. The summed E-state index contributed by atoms with van der Waals surface area (Å²) >= 11 is 0. The number of benzene rings is 6. The van der Waals surface area contributed by atoms with Gasteiger partial charge in [0.15, 0.2) is 17.5 Å². The van der Waals surface area contributed by atoms with E-state index >= 15 is 0 Å². The highest BCUT2D eigenvalue weighted by Gasteiger charge is 2.30. The van der Waals surface area contributed by atoms with Crippen molar-refractivity contribution in [3.05, 3.63) is 0 Å². The van der Waals surface area contributed by atoms with E-state index in [4.69, 9.17) is 242 Å². The molecule has 0 spiro atoms. The molecule has 0 aliphatic rings. The van der Waals surface area contributed by atoms with Crippen LogP contribution in [-0.4, -0.2) is 256 Å². The summed E-state index contributed by atoms with van der Waals surface area (Å²) < 4.78 is 3.48. The van der Waals surface area contributed by atoms with Gasteiger partial charge in [-0.1, -0.05) is 81.9 Å². The number of fused-ring (bicyclic) bond motifs is 6. The molecule has 6 aromatic carbocycles. The Balaban J connectivity index is 1.33. The minimum absolute atomic E-state index is 0.0194. The lowest BCUT2D eigenvalue weighted by molar-refractivity contribution is 0.817. The van der Waals surface area contributed by atoms with E-state index in [1.165, 1.54) is 0 Å². The first-order valence-electron chi connectivity index (χ1n) is 22.2. The van der Waals surface area contributed by atoms with Gasteiger partial charge in [0.2, 0.25) is 0 Å². The molecular weight excluding hydrogens is 922 g/mol. The van der Waals surface area contributed by atoms with Crippen molar-refractivity contribution < 1.29 is 0 Å². The van der Waals surface area contributed by atoms with Crippen LogP contribution in [0.1, 0.15) is 0 Å². The number of rotatable bonds is 6. The van der Waals surface area contributed by atoms with E-state index in [9.17, 15) is 0 Å². The summed E-state index contributed by atoms with van der Waals surface area (Å²) in [6, 6.07) is 0. The second-order valence-electron chi connectivity index (χ2n) is 18.0. The molecule has 4 aromatic heterocycles. The van der Waals surface area contributed by atoms with Gasteiger partial charge in [0.25, 0.3) is 17.3 Å². The SMILES string of the molecule is [B]c1c([B])c([B])c(-c2c([B])c([B])c([B])c(-c3nc4n(n3)c3nc(-c5c([B])c([B])c([B])c(-c6c([B])c([B])c([B])c([B])c6[B])c5[B])nn3c3nc(-c5c([B])c([B])c([B])c(-c6c([B])c([B])c([B])c([B])c6[B])c5[B])nn43)c2[B])c([B])c1[B]. The van der Waals surface area contributed by atoms with Crippen LogP contribution in [0, 0.1) is 0 Å². The van der Waals surface area contributed by atoms with Crippen LogP contribution >= 0.6 is 0 Å². The Bertz CT molecular complexity index is 3810. The van der Waals surface area contributed by atoms with Crippen LogP contribution in [0.2, 0.25) is 0 Å². The zero-order chi connectivity index (χ0) is 57.2. The standard InChI is InChI=1S/C42B27N9/c43-10-1(4-16(49)28(61)34(67)29(62)17(4)50)13(46)25(58)22(55)7(10)37-70-40-76(73-37)41-71-38(8-11(44)2(14(47)26(59)23(8)56)5-18(51)30(63)35(68)31(64)19(5)52)75-78(41)42-72-39(74-77(40)42)9-12(45)3(15(48)27(60)24(9)57)6-20(53)32(65)36(69)33(66)21(6)54. The van der Waals surface area contributed by atoms with Crippen molar-refractivity contribution in [1.82, 2.24) is 43.8 Å². The van der Waals surface area contributed by atoms with Crippen LogP contribution in [-0.2, 0) is 0 Å². The van der Waals surface area contributed by atoms with Crippen molar-refractivity contribution in [2.45, 2.75) is 0 Å². The van der Waals surface area contributed by atoms with Gasteiger partial charge in [0.1, 0.15) is 212 Å². The largest absolute Gasteiger partial charge is 0.260 e. The fourth-order valence-electron chi connectivity index (χ4n) is 9.42. The molecule has 294 valence electrons. The molecule has 0 saturated carbocycles. The van der Waals surface area contributed by atoms with Crippen LogP contribution in [0.5, 0.6) is 0 Å². The lowest BCUT2D eigenvalue weighted by Crippen LogP contribution is -2.57. The van der Waals surface area contributed by atoms with Crippen LogP contribution in [0.25, 0.3) is 84.9 Å². The highest BCUT2D eigenvalue weighted by atomic mass is 15.5. The molecule has 36 heteroatoms. The van der Waals surface area contributed by atoms with Gasteiger partial charge in [-0.05, 0) is 33.4 Å². The molecule has 0 amide bonds. The predicted molar refractivity (Wildman–Crippen MR) is 344 cm³/mol. The highest BCUT2D eigenvalue weighted by molar-refractivity contribution is 6.74. The monoisotopic (exact) mass is 927 g/mol. The van der Waals surface area contributed by atoms with Gasteiger partial charge in [-0.25, -0.2) is 0 Å². The molecule has 0 fully saturated rings. The summed E-state index contributed by atoms with van der Waals surface area (Å²) in [7, 11) is 176. The van der Waals surface area contributed by atoms with E-state index < -0.39 is 0 Å². The third-order valence-electron chi connectivity index (χ3n) is 13.8. The third kappa shape index (κ3) is 7.68. The molecule has 54 radical (unpaired) electrons. The van der Waals surface area contributed by atoms with Crippen LogP contribution < -0.4 is 147 Å². The summed E-state index contributed by atoms with van der Waals surface area (Å²) in [4.78, 5) is 14.5.